The summed E-state index contributed by atoms with van der Waals surface area (Å²) in [4.78, 5) is 27.5. The van der Waals surface area contributed by atoms with Crippen molar-refractivity contribution in [3.63, 3.8) is 0 Å². The fourth-order valence-corrected chi connectivity index (χ4v) is 3.86. The van der Waals surface area contributed by atoms with Crippen LogP contribution >= 0.6 is 23.2 Å². The van der Waals surface area contributed by atoms with E-state index >= 15 is 0 Å². The first kappa shape index (κ1) is 27.7. The summed E-state index contributed by atoms with van der Waals surface area (Å²) >= 11 is 12.4. The van der Waals surface area contributed by atoms with Gasteiger partial charge in [0, 0.05) is 37.3 Å². The molecule has 0 aliphatic carbocycles. The predicted octanol–water partition coefficient (Wildman–Crippen LogP) is 3.86. The lowest BCUT2D eigenvalue weighted by Crippen LogP contribution is -2.48. The number of halogens is 2. The van der Waals surface area contributed by atoms with Gasteiger partial charge in [0.25, 0.3) is 5.91 Å². The quantitative estimate of drug-likeness (QED) is 0.265. The van der Waals surface area contributed by atoms with Gasteiger partial charge in [-0.05, 0) is 56.6 Å². The third kappa shape index (κ3) is 7.81. The van der Waals surface area contributed by atoms with Gasteiger partial charge in [-0.25, -0.2) is 0 Å². The molecule has 1 heterocycles. The maximum absolute atomic E-state index is 13.2. The molecule has 4 N–H and O–H groups in total. The van der Waals surface area contributed by atoms with Crippen molar-refractivity contribution in [3.05, 3.63) is 76.0 Å². The number of carbonyl (C=O) groups excluding carboxylic acids is 2. The normalized spacial score (nSPS) is 11.9. The van der Waals surface area contributed by atoms with Gasteiger partial charge in [0.1, 0.15) is 11.5 Å². The molecule has 0 fully saturated rings. The second kappa shape index (κ2) is 13.4. The highest BCUT2D eigenvalue weighted by atomic mass is 35.5. The van der Waals surface area contributed by atoms with Crippen molar-refractivity contribution in [3.8, 4) is 11.3 Å². The molecule has 0 spiro atoms. The van der Waals surface area contributed by atoms with Gasteiger partial charge >= 0.3 is 0 Å². The van der Waals surface area contributed by atoms with Crippen LogP contribution in [0.1, 0.15) is 16.1 Å². The van der Waals surface area contributed by atoms with E-state index in [2.05, 4.69) is 26.2 Å². The number of rotatable bonds is 12. The van der Waals surface area contributed by atoms with Gasteiger partial charge < -0.3 is 25.3 Å². The van der Waals surface area contributed by atoms with Crippen LogP contribution in [-0.2, 0) is 11.3 Å². The van der Waals surface area contributed by atoms with Crippen LogP contribution in [0.15, 0.2) is 59.0 Å². The Bertz CT molecular complexity index is 1180. The molecule has 0 bridgehead atoms. The third-order valence-electron chi connectivity index (χ3n) is 5.44. The fraction of sp³-hybridized carbons (Fsp3) is 0.308. The summed E-state index contributed by atoms with van der Waals surface area (Å²) in [5, 5.41) is 13.1. The first-order chi connectivity index (χ1) is 17.3. The number of hydrogen-bond acceptors (Lipinski definition) is 6. The number of furan rings is 1. The van der Waals surface area contributed by atoms with Gasteiger partial charge in [-0.15, -0.1) is 0 Å². The van der Waals surface area contributed by atoms with E-state index in [0.717, 1.165) is 6.54 Å². The zero-order valence-corrected chi connectivity index (χ0v) is 22.0. The number of nitrogens with zero attached hydrogens (tertiary/aromatic N) is 1. The molecule has 0 unspecified atom stereocenters. The largest absolute Gasteiger partial charge is 0.460 e. The molecule has 2 amide bonds. The van der Waals surface area contributed by atoms with Crippen molar-refractivity contribution >= 4 is 40.7 Å². The summed E-state index contributed by atoms with van der Waals surface area (Å²) in [6.07, 6.45) is 0. The lowest BCUT2D eigenvalue weighted by molar-refractivity contribution is -0.118. The van der Waals surface area contributed by atoms with E-state index in [1.165, 1.54) is 0 Å². The van der Waals surface area contributed by atoms with E-state index < -0.39 is 6.04 Å². The Morgan fingerprint density at radius 3 is 2.58 bits per heavy atom. The molecule has 0 aliphatic heterocycles. The Labute approximate surface area is 221 Å². The highest BCUT2D eigenvalue weighted by molar-refractivity contribution is 6.35. The number of amides is 2. The van der Waals surface area contributed by atoms with Crippen LogP contribution in [0.5, 0.6) is 0 Å². The third-order valence-corrected chi connectivity index (χ3v) is 6.00. The molecule has 192 valence electrons. The van der Waals surface area contributed by atoms with Crippen molar-refractivity contribution < 1.29 is 14.0 Å². The Morgan fingerprint density at radius 2 is 1.83 bits per heavy atom. The maximum Gasteiger partial charge on any atom is 0.253 e. The zero-order valence-electron chi connectivity index (χ0n) is 20.5. The second-order valence-electron chi connectivity index (χ2n) is 8.44. The molecular formula is C26H31Cl2N5O3. The number of hydrogen-bond donors (Lipinski definition) is 4. The monoisotopic (exact) mass is 531 g/mol. The van der Waals surface area contributed by atoms with Crippen LogP contribution in [0.2, 0.25) is 10.0 Å². The Balaban J connectivity index is 1.71. The molecule has 0 aliphatic rings. The van der Waals surface area contributed by atoms with Crippen molar-refractivity contribution in [1.82, 2.24) is 20.9 Å². The first-order valence-electron chi connectivity index (χ1n) is 11.5. The minimum atomic E-state index is -0.590. The second-order valence-corrected chi connectivity index (χ2v) is 9.29. The average Bonchev–Trinajstić information content (AvgIpc) is 3.33. The lowest BCUT2D eigenvalue weighted by Gasteiger charge is -2.20. The van der Waals surface area contributed by atoms with Gasteiger partial charge in [0.15, 0.2) is 0 Å². The van der Waals surface area contributed by atoms with Crippen molar-refractivity contribution in [1.29, 1.82) is 0 Å². The number of anilines is 1. The molecule has 2 aromatic carbocycles. The molecule has 8 nitrogen and oxygen atoms in total. The van der Waals surface area contributed by atoms with Crippen molar-refractivity contribution in [2.45, 2.75) is 12.6 Å². The Morgan fingerprint density at radius 1 is 1.06 bits per heavy atom. The van der Waals surface area contributed by atoms with Gasteiger partial charge in [-0.2, -0.15) is 0 Å². The lowest BCUT2D eigenvalue weighted by atomic mass is 10.1. The molecular weight excluding hydrogens is 501 g/mol. The van der Waals surface area contributed by atoms with Gasteiger partial charge in [-0.1, -0.05) is 35.3 Å². The number of carbonyl (C=O) groups is 2. The van der Waals surface area contributed by atoms with Crippen LogP contribution in [-0.4, -0.2) is 63.5 Å². The fourth-order valence-electron chi connectivity index (χ4n) is 3.48. The van der Waals surface area contributed by atoms with E-state index in [-0.39, 0.29) is 11.8 Å². The molecule has 1 aromatic heterocycles. The summed E-state index contributed by atoms with van der Waals surface area (Å²) in [6.45, 7) is 2.24. The van der Waals surface area contributed by atoms with E-state index in [4.69, 9.17) is 27.6 Å². The zero-order chi connectivity index (χ0) is 26.1. The van der Waals surface area contributed by atoms with E-state index in [0.29, 0.717) is 58.0 Å². The summed E-state index contributed by atoms with van der Waals surface area (Å²) < 4.78 is 5.96. The van der Waals surface area contributed by atoms with Crippen LogP contribution in [0.3, 0.4) is 0 Å². The van der Waals surface area contributed by atoms with E-state index in [1.54, 1.807) is 49.5 Å². The number of likely N-dealkylation sites (N-methyl/N-ethyl adjacent to an activating group) is 1. The SMILES string of the molecule is CNC(=O)c1ccccc1NC(=O)[C@H](CNCCN(C)C)NCc1ccc(-c2cc(Cl)ccc2Cl)o1. The van der Waals surface area contributed by atoms with Crippen molar-refractivity contribution in [2.24, 2.45) is 0 Å². The summed E-state index contributed by atoms with van der Waals surface area (Å²) in [5.74, 6) is 0.678. The van der Waals surface area contributed by atoms with Gasteiger partial charge in [0.2, 0.25) is 5.91 Å². The molecule has 3 aromatic rings. The van der Waals surface area contributed by atoms with Crippen LogP contribution in [0.4, 0.5) is 5.69 Å². The molecule has 0 saturated heterocycles. The van der Waals surface area contributed by atoms with Gasteiger partial charge in [0.05, 0.1) is 28.9 Å². The van der Waals surface area contributed by atoms with E-state index in [1.807, 2.05) is 26.2 Å². The average molecular weight is 532 g/mol. The van der Waals surface area contributed by atoms with Crippen LogP contribution in [0.25, 0.3) is 11.3 Å². The Kier molecular flexibility index (Phi) is 10.3. The molecule has 36 heavy (non-hydrogen) atoms. The highest BCUT2D eigenvalue weighted by Gasteiger charge is 2.21. The summed E-state index contributed by atoms with van der Waals surface area (Å²) in [5.41, 5.74) is 1.53. The minimum absolute atomic E-state index is 0.270. The standard InChI is InChI=1S/C26H31Cl2N5O3/c1-29-25(34)19-6-4-5-7-22(19)32-26(35)23(16-30-12-13-33(2)3)31-15-18-9-11-24(36-18)20-14-17(27)8-10-21(20)28/h4-11,14,23,30-31H,12-13,15-16H2,1-3H3,(H,29,34)(H,32,35)/t23-/m0/s1. The molecule has 0 radical (unpaired) electrons. The molecule has 10 heteroatoms. The first-order valence-corrected chi connectivity index (χ1v) is 12.3. The minimum Gasteiger partial charge on any atom is -0.460 e. The van der Waals surface area contributed by atoms with Gasteiger partial charge in [-0.3, -0.25) is 14.9 Å². The number of para-hydroxylation sites is 1. The number of benzene rings is 2. The smallest absolute Gasteiger partial charge is 0.253 e. The topological polar surface area (TPSA) is 98.6 Å². The van der Waals surface area contributed by atoms with E-state index in [9.17, 15) is 9.59 Å². The molecule has 3 rings (SSSR count). The highest BCUT2D eigenvalue weighted by Crippen LogP contribution is 2.31. The number of nitrogens with one attached hydrogen (secondary N) is 4. The summed E-state index contributed by atoms with van der Waals surface area (Å²) in [6, 6.07) is 15.1. The maximum atomic E-state index is 13.2. The Hall–Kier alpha value is -2.88. The summed E-state index contributed by atoms with van der Waals surface area (Å²) in [7, 11) is 5.52. The van der Waals surface area contributed by atoms with Crippen molar-refractivity contribution in [2.75, 3.05) is 46.1 Å². The van der Waals surface area contributed by atoms with Crippen LogP contribution < -0.4 is 21.3 Å². The van der Waals surface area contributed by atoms with Crippen LogP contribution in [0, 0.1) is 0 Å². The molecule has 1 atom stereocenters. The predicted molar refractivity (Wildman–Crippen MR) is 145 cm³/mol. The molecule has 0 saturated carbocycles.